The number of hydrogen-bond acceptors (Lipinski definition) is 4. The van der Waals surface area contributed by atoms with Gasteiger partial charge in [-0.1, -0.05) is 0 Å². The predicted octanol–water partition coefficient (Wildman–Crippen LogP) is 2.04. The van der Waals surface area contributed by atoms with E-state index in [2.05, 4.69) is 0 Å². The lowest BCUT2D eigenvalue weighted by Crippen LogP contribution is -2.52. The maximum absolute atomic E-state index is 14.8. The average molecular weight is 385 g/mol. The van der Waals surface area contributed by atoms with Crippen molar-refractivity contribution >= 4 is 22.6 Å². The first kappa shape index (κ1) is 17.8. The van der Waals surface area contributed by atoms with Crippen LogP contribution in [0.3, 0.4) is 0 Å². The highest BCUT2D eigenvalue weighted by Crippen LogP contribution is 2.36. The molecule has 4 rings (SSSR count). The van der Waals surface area contributed by atoms with Crippen molar-refractivity contribution in [3.05, 3.63) is 39.4 Å². The predicted molar refractivity (Wildman–Crippen MR) is 88.7 cm³/mol. The number of aromatic carboxylic acids is 1. The van der Waals surface area contributed by atoms with E-state index in [-0.39, 0.29) is 37.3 Å². The van der Waals surface area contributed by atoms with Crippen molar-refractivity contribution in [3.8, 4) is 0 Å². The van der Waals surface area contributed by atoms with E-state index < -0.39 is 29.1 Å². The van der Waals surface area contributed by atoms with Crippen molar-refractivity contribution in [2.75, 3.05) is 31.1 Å². The summed E-state index contributed by atoms with van der Waals surface area (Å²) in [6, 6.07) is 1.00. The van der Waals surface area contributed by atoms with Gasteiger partial charge in [0.15, 0.2) is 0 Å². The minimum Gasteiger partial charge on any atom is -0.477 e. The Balaban J connectivity index is 1.79. The Kier molecular flexibility index (Phi) is 3.91. The van der Waals surface area contributed by atoms with Crippen LogP contribution in [0.15, 0.2) is 17.1 Å². The first-order valence-electron chi connectivity index (χ1n) is 8.37. The molecule has 0 unspecified atom stereocenters. The van der Waals surface area contributed by atoms with Gasteiger partial charge in [-0.05, 0) is 12.5 Å². The van der Waals surface area contributed by atoms with Crippen LogP contribution in [-0.2, 0) is 13.0 Å². The smallest absolute Gasteiger partial charge is 0.460 e. The lowest BCUT2D eigenvalue weighted by atomic mass is 10.0. The first-order chi connectivity index (χ1) is 12.7. The van der Waals surface area contributed by atoms with Crippen LogP contribution < -0.4 is 10.3 Å². The molecule has 2 aliphatic heterocycles. The second-order valence-corrected chi connectivity index (χ2v) is 6.64. The van der Waals surface area contributed by atoms with Gasteiger partial charge in [0.2, 0.25) is 5.43 Å². The molecule has 1 fully saturated rings. The number of pyridine rings is 1. The topological polar surface area (TPSA) is 65.8 Å². The summed E-state index contributed by atoms with van der Waals surface area (Å²) in [5.74, 6) is -2.10. The van der Waals surface area contributed by atoms with Crippen LogP contribution in [0.5, 0.6) is 0 Å². The second kappa shape index (κ2) is 5.95. The van der Waals surface area contributed by atoms with E-state index in [1.165, 1.54) is 6.20 Å². The number of carbonyl (C=O) groups is 1. The van der Waals surface area contributed by atoms with E-state index in [0.717, 1.165) is 6.07 Å². The summed E-state index contributed by atoms with van der Waals surface area (Å²) in [5, 5.41) is 9.15. The molecule has 2 aromatic rings. The number of carboxylic acids is 1. The minimum absolute atomic E-state index is 0.00633. The largest absolute Gasteiger partial charge is 0.477 e. The maximum atomic E-state index is 14.8. The van der Waals surface area contributed by atoms with Gasteiger partial charge in [-0.15, -0.1) is 0 Å². The summed E-state index contributed by atoms with van der Waals surface area (Å²) < 4.78 is 54.9. The van der Waals surface area contributed by atoms with E-state index in [1.807, 2.05) is 0 Å². The molecule has 1 aromatic heterocycles. The van der Waals surface area contributed by atoms with E-state index in [4.69, 9.17) is 5.11 Å². The molecule has 1 saturated heterocycles. The third-order valence-electron chi connectivity index (χ3n) is 5.17. The van der Waals surface area contributed by atoms with E-state index in [1.54, 1.807) is 9.47 Å². The van der Waals surface area contributed by atoms with Gasteiger partial charge >= 0.3 is 12.3 Å². The molecule has 3 heterocycles. The molecule has 1 N–H and O–H groups in total. The van der Waals surface area contributed by atoms with Crippen molar-refractivity contribution in [1.82, 2.24) is 9.47 Å². The number of hydrogen-bond donors (Lipinski definition) is 1. The Morgan fingerprint density at radius 2 is 1.78 bits per heavy atom. The van der Waals surface area contributed by atoms with Gasteiger partial charge in [0.05, 0.1) is 11.2 Å². The van der Waals surface area contributed by atoms with Crippen molar-refractivity contribution < 1.29 is 27.5 Å². The molecule has 2 aliphatic rings. The summed E-state index contributed by atoms with van der Waals surface area (Å²) in [6.07, 6.45) is -2.79. The quantitative estimate of drug-likeness (QED) is 0.633. The molecule has 10 heteroatoms. The number of halogens is 4. The fourth-order valence-electron chi connectivity index (χ4n) is 3.93. The van der Waals surface area contributed by atoms with Gasteiger partial charge in [0.1, 0.15) is 11.4 Å². The van der Waals surface area contributed by atoms with Gasteiger partial charge < -0.3 is 14.6 Å². The first-order valence-corrected chi connectivity index (χ1v) is 8.37. The highest BCUT2D eigenvalue weighted by atomic mass is 19.4. The third kappa shape index (κ3) is 2.75. The van der Waals surface area contributed by atoms with Crippen LogP contribution in [0, 0.1) is 5.82 Å². The number of alkyl halides is 3. The van der Waals surface area contributed by atoms with Crippen molar-refractivity contribution in [1.29, 1.82) is 0 Å². The Labute approximate surface area is 150 Å². The normalized spacial score (nSPS) is 17.7. The Morgan fingerprint density at radius 1 is 1.11 bits per heavy atom. The number of piperazine rings is 1. The van der Waals surface area contributed by atoms with Crippen LogP contribution in [0.2, 0.25) is 0 Å². The van der Waals surface area contributed by atoms with Crippen molar-refractivity contribution in [2.24, 2.45) is 0 Å². The van der Waals surface area contributed by atoms with Crippen LogP contribution in [0.4, 0.5) is 23.2 Å². The van der Waals surface area contributed by atoms with Gasteiger partial charge in [-0.3, -0.25) is 4.79 Å². The lowest BCUT2D eigenvalue weighted by molar-refractivity contribution is -0.246. The summed E-state index contributed by atoms with van der Waals surface area (Å²) >= 11 is 0. The molecular weight excluding hydrogens is 370 g/mol. The Hall–Kier alpha value is -2.62. The number of rotatable bonds is 2. The molecule has 0 saturated carbocycles. The van der Waals surface area contributed by atoms with Gasteiger partial charge in [-0.25, -0.2) is 14.1 Å². The van der Waals surface area contributed by atoms with Crippen molar-refractivity contribution in [3.63, 3.8) is 0 Å². The zero-order valence-electron chi connectivity index (χ0n) is 14.0. The molecule has 6 nitrogen and oxygen atoms in total. The third-order valence-corrected chi connectivity index (χ3v) is 5.17. The molecule has 0 radical (unpaired) electrons. The van der Waals surface area contributed by atoms with Crippen LogP contribution >= 0.6 is 0 Å². The molecule has 0 bridgehead atoms. The highest BCUT2D eigenvalue weighted by molar-refractivity contribution is 5.95. The SMILES string of the molecule is O=C(O)c1cn2c3c(c(N4CCN(C(F)(F)F)CC4)c(F)cc3c1=O)CC2. The second-order valence-electron chi connectivity index (χ2n) is 6.64. The van der Waals surface area contributed by atoms with Gasteiger partial charge in [0.25, 0.3) is 0 Å². The zero-order valence-corrected chi connectivity index (χ0v) is 14.0. The fraction of sp³-hybridized carbons (Fsp3) is 0.412. The highest BCUT2D eigenvalue weighted by Gasteiger charge is 2.39. The summed E-state index contributed by atoms with van der Waals surface area (Å²) in [6.45, 7) is -0.152. The summed E-state index contributed by atoms with van der Waals surface area (Å²) in [4.78, 5) is 25.6. The van der Waals surface area contributed by atoms with E-state index >= 15 is 0 Å². The van der Waals surface area contributed by atoms with Crippen LogP contribution in [-0.4, -0.2) is 53.0 Å². The number of nitrogens with zero attached hydrogens (tertiary/aromatic N) is 3. The monoisotopic (exact) mass is 385 g/mol. The standard InChI is InChI=1S/C17H15F4N3O3/c18-12-7-10-13-9(1-2-23(13)8-11(15(10)25)16(26)27)14(12)22-3-5-24(6-4-22)17(19,20)21/h7-8H,1-6H2,(H,26,27). The molecule has 144 valence electrons. The van der Waals surface area contributed by atoms with E-state index in [0.29, 0.717) is 28.9 Å². The minimum atomic E-state index is -4.42. The zero-order chi connectivity index (χ0) is 19.5. The number of aromatic nitrogens is 1. The molecule has 0 amide bonds. The Bertz CT molecular complexity index is 1010. The van der Waals surface area contributed by atoms with Gasteiger partial charge in [-0.2, -0.15) is 13.2 Å². The summed E-state index contributed by atoms with van der Waals surface area (Å²) in [7, 11) is 0. The molecule has 1 aromatic carbocycles. The van der Waals surface area contributed by atoms with Crippen LogP contribution in [0.1, 0.15) is 15.9 Å². The molecular formula is C17H15F4N3O3. The fourth-order valence-corrected chi connectivity index (χ4v) is 3.93. The molecule has 0 spiro atoms. The molecule has 0 atom stereocenters. The van der Waals surface area contributed by atoms with Crippen LogP contribution in [0.25, 0.3) is 10.9 Å². The Morgan fingerprint density at radius 3 is 2.37 bits per heavy atom. The van der Waals surface area contributed by atoms with Crippen molar-refractivity contribution in [2.45, 2.75) is 19.3 Å². The maximum Gasteiger partial charge on any atom is 0.460 e. The average Bonchev–Trinajstić information content (AvgIpc) is 3.01. The summed E-state index contributed by atoms with van der Waals surface area (Å²) in [5.41, 5.74) is 0.0164. The van der Waals surface area contributed by atoms with E-state index in [9.17, 15) is 27.2 Å². The number of carboxylic acid groups (broad SMARTS) is 1. The molecule has 0 aliphatic carbocycles. The van der Waals surface area contributed by atoms with Gasteiger partial charge in [0, 0.05) is 49.9 Å². The lowest BCUT2D eigenvalue weighted by Gasteiger charge is -2.37. The number of anilines is 1. The number of aryl methyl sites for hydroxylation is 2. The molecule has 27 heavy (non-hydrogen) atoms. The number of benzene rings is 1.